The van der Waals surface area contributed by atoms with Crippen LogP contribution in [0.4, 0.5) is 15.8 Å². The van der Waals surface area contributed by atoms with Crippen LogP contribution in [0.5, 0.6) is 0 Å². The van der Waals surface area contributed by atoms with Crippen LogP contribution in [0, 0.1) is 11.7 Å². The van der Waals surface area contributed by atoms with E-state index in [-0.39, 0.29) is 11.7 Å². The maximum atomic E-state index is 13.4. The maximum absolute atomic E-state index is 13.4. The molecule has 4 rings (SSSR count). The maximum Gasteiger partial charge on any atom is 0.241 e. The Bertz CT molecular complexity index is 1040. The molecule has 0 bridgehead atoms. The van der Waals surface area contributed by atoms with Crippen molar-refractivity contribution in [3.63, 3.8) is 0 Å². The second-order valence-electron chi connectivity index (χ2n) is 9.11. The van der Waals surface area contributed by atoms with Crippen molar-refractivity contribution in [3.05, 3.63) is 59.9 Å². The van der Waals surface area contributed by atoms with E-state index in [1.807, 2.05) is 18.2 Å². The first-order valence-electron chi connectivity index (χ1n) is 11.8. The van der Waals surface area contributed by atoms with Gasteiger partial charge >= 0.3 is 0 Å². The van der Waals surface area contributed by atoms with Gasteiger partial charge in [-0.25, -0.2) is 12.8 Å². The summed E-state index contributed by atoms with van der Waals surface area (Å²) in [6.07, 6.45) is 5.96. The van der Waals surface area contributed by atoms with Gasteiger partial charge in [0.2, 0.25) is 15.9 Å². The van der Waals surface area contributed by atoms with E-state index < -0.39 is 15.8 Å². The Balaban J connectivity index is 1.25. The van der Waals surface area contributed by atoms with E-state index >= 15 is 0 Å². The molecule has 2 aromatic carbocycles. The lowest BCUT2D eigenvalue weighted by atomic mass is 9.90. The summed E-state index contributed by atoms with van der Waals surface area (Å²) in [7, 11) is -3.78. The van der Waals surface area contributed by atoms with Gasteiger partial charge in [-0.2, -0.15) is 0 Å². The first kappa shape index (κ1) is 23.5. The zero-order valence-electron chi connectivity index (χ0n) is 18.9. The van der Waals surface area contributed by atoms with Gasteiger partial charge < -0.3 is 9.80 Å². The molecule has 0 spiro atoms. The highest BCUT2D eigenvalue weighted by atomic mass is 32.2. The Morgan fingerprint density at radius 2 is 1.67 bits per heavy atom. The van der Waals surface area contributed by atoms with Crippen LogP contribution in [-0.2, 0) is 21.2 Å². The largest absolute Gasteiger partial charge is 0.372 e. The van der Waals surface area contributed by atoms with E-state index in [2.05, 4.69) is 9.62 Å². The average Bonchev–Trinajstić information content (AvgIpc) is 2.80. The quantitative estimate of drug-likeness (QED) is 0.659. The van der Waals surface area contributed by atoms with Crippen molar-refractivity contribution in [2.24, 2.45) is 5.92 Å². The lowest BCUT2D eigenvalue weighted by Crippen LogP contribution is -2.42. The molecule has 2 saturated heterocycles. The average molecular weight is 474 g/mol. The molecule has 0 unspecified atom stereocenters. The van der Waals surface area contributed by atoms with Gasteiger partial charge in [0.25, 0.3) is 0 Å². The molecule has 2 heterocycles. The van der Waals surface area contributed by atoms with Gasteiger partial charge in [-0.1, -0.05) is 12.1 Å². The van der Waals surface area contributed by atoms with Gasteiger partial charge in [0.05, 0.1) is 0 Å². The van der Waals surface area contributed by atoms with Gasteiger partial charge in [0.15, 0.2) is 0 Å². The van der Waals surface area contributed by atoms with Gasteiger partial charge in [0.1, 0.15) is 11.6 Å². The Labute approximate surface area is 195 Å². The monoisotopic (exact) mass is 473 g/mol. The highest BCUT2D eigenvalue weighted by Crippen LogP contribution is 2.24. The minimum atomic E-state index is -3.78. The molecule has 178 valence electrons. The first-order chi connectivity index (χ1) is 15.9. The Morgan fingerprint density at radius 3 is 2.33 bits per heavy atom. The molecule has 33 heavy (non-hydrogen) atoms. The number of sulfonamides is 1. The highest BCUT2D eigenvalue weighted by Gasteiger charge is 2.26. The minimum Gasteiger partial charge on any atom is -0.372 e. The van der Waals surface area contributed by atoms with Crippen molar-refractivity contribution in [1.82, 2.24) is 4.90 Å². The molecule has 0 aromatic heterocycles. The number of halogens is 1. The summed E-state index contributed by atoms with van der Waals surface area (Å²) < 4.78 is 41.1. The van der Waals surface area contributed by atoms with Crippen molar-refractivity contribution in [3.8, 4) is 0 Å². The second kappa shape index (κ2) is 10.5. The van der Waals surface area contributed by atoms with E-state index in [9.17, 15) is 17.6 Å². The molecule has 8 heteroatoms. The van der Waals surface area contributed by atoms with Crippen molar-refractivity contribution < 1.29 is 17.6 Å². The SMILES string of the molecule is O=C(CS(=O)(=O)Nc1ccc(N2CCCCC2)cc1)N1CCC(Cc2cccc(F)c2)CC1. The molecule has 2 aliphatic rings. The predicted octanol–water partition coefficient (Wildman–Crippen LogP) is 4.04. The number of benzene rings is 2. The fourth-order valence-corrected chi connectivity index (χ4v) is 5.82. The van der Waals surface area contributed by atoms with Crippen LogP contribution in [-0.4, -0.2) is 51.2 Å². The molecular weight excluding hydrogens is 441 g/mol. The number of hydrogen-bond acceptors (Lipinski definition) is 4. The highest BCUT2D eigenvalue weighted by molar-refractivity contribution is 7.93. The summed E-state index contributed by atoms with van der Waals surface area (Å²) in [6.45, 7) is 3.11. The fourth-order valence-electron chi connectivity index (χ4n) is 4.75. The number of rotatable bonds is 7. The van der Waals surface area contributed by atoms with Crippen LogP contribution in [0.25, 0.3) is 0 Å². The molecule has 0 atom stereocenters. The van der Waals surface area contributed by atoms with Gasteiger partial charge in [-0.3, -0.25) is 9.52 Å². The fraction of sp³-hybridized carbons (Fsp3) is 0.480. The van der Waals surface area contributed by atoms with Crippen molar-refractivity contribution in [1.29, 1.82) is 0 Å². The van der Waals surface area contributed by atoms with Crippen molar-refractivity contribution >= 4 is 27.3 Å². The third-order valence-electron chi connectivity index (χ3n) is 6.56. The Morgan fingerprint density at radius 1 is 0.970 bits per heavy atom. The molecule has 2 fully saturated rings. The first-order valence-corrected chi connectivity index (χ1v) is 13.4. The predicted molar refractivity (Wildman–Crippen MR) is 129 cm³/mol. The van der Waals surface area contributed by atoms with Crippen LogP contribution in [0.1, 0.15) is 37.7 Å². The number of nitrogens with one attached hydrogen (secondary N) is 1. The molecule has 6 nitrogen and oxygen atoms in total. The summed E-state index contributed by atoms with van der Waals surface area (Å²) in [5, 5.41) is 0. The summed E-state index contributed by atoms with van der Waals surface area (Å²) in [5.41, 5.74) is 2.52. The van der Waals surface area contributed by atoms with Crippen LogP contribution < -0.4 is 9.62 Å². The number of likely N-dealkylation sites (tertiary alicyclic amines) is 1. The lowest BCUT2D eigenvalue weighted by molar-refractivity contribution is -0.129. The standard InChI is InChI=1S/C25H32FN3O3S/c26-22-6-4-5-21(18-22)17-20-11-15-29(16-12-20)25(30)19-33(31,32)27-23-7-9-24(10-8-23)28-13-2-1-3-14-28/h4-10,18,20,27H,1-3,11-17,19H2. The number of hydrogen-bond donors (Lipinski definition) is 1. The Hall–Kier alpha value is -2.61. The van der Waals surface area contributed by atoms with E-state index in [4.69, 9.17) is 0 Å². The molecule has 0 aliphatic carbocycles. The number of amides is 1. The molecular formula is C25H32FN3O3S. The molecule has 2 aromatic rings. The minimum absolute atomic E-state index is 0.237. The summed E-state index contributed by atoms with van der Waals surface area (Å²) in [4.78, 5) is 16.6. The third kappa shape index (κ3) is 6.69. The van der Waals surface area contributed by atoms with Crippen LogP contribution in [0.15, 0.2) is 48.5 Å². The normalized spacial score (nSPS) is 17.7. The van der Waals surface area contributed by atoms with Crippen LogP contribution >= 0.6 is 0 Å². The second-order valence-corrected chi connectivity index (χ2v) is 10.8. The smallest absolute Gasteiger partial charge is 0.241 e. The van der Waals surface area contributed by atoms with Gasteiger partial charge in [-0.05, 0) is 86.4 Å². The number of nitrogens with zero attached hydrogens (tertiary/aromatic N) is 2. The zero-order chi connectivity index (χ0) is 23.3. The van der Waals surface area contributed by atoms with E-state index in [1.165, 1.54) is 25.3 Å². The van der Waals surface area contributed by atoms with Crippen molar-refractivity contribution in [2.45, 2.75) is 38.5 Å². The number of carbonyl (C=O) groups excluding carboxylic acids is 1. The molecule has 0 radical (unpaired) electrons. The summed E-state index contributed by atoms with van der Waals surface area (Å²) in [6, 6.07) is 14.0. The van der Waals surface area contributed by atoms with Crippen LogP contribution in [0.2, 0.25) is 0 Å². The van der Waals surface area contributed by atoms with Gasteiger partial charge in [0, 0.05) is 37.6 Å². The molecule has 2 aliphatic heterocycles. The summed E-state index contributed by atoms with van der Waals surface area (Å²) >= 11 is 0. The van der Waals surface area contributed by atoms with Gasteiger partial charge in [-0.15, -0.1) is 0 Å². The number of anilines is 2. The third-order valence-corrected chi connectivity index (χ3v) is 7.73. The van der Waals surface area contributed by atoms with E-state index in [1.54, 1.807) is 29.2 Å². The van der Waals surface area contributed by atoms with Crippen molar-refractivity contribution in [2.75, 3.05) is 41.6 Å². The Kier molecular flexibility index (Phi) is 7.53. The number of carbonyl (C=O) groups is 1. The van der Waals surface area contributed by atoms with E-state index in [0.29, 0.717) is 24.7 Å². The molecule has 1 amide bonds. The van der Waals surface area contributed by atoms with E-state index in [0.717, 1.165) is 43.6 Å². The topological polar surface area (TPSA) is 69.7 Å². The van der Waals surface area contributed by atoms with Crippen LogP contribution in [0.3, 0.4) is 0 Å². The molecule has 1 N–H and O–H groups in total. The lowest BCUT2D eigenvalue weighted by Gasteiger charge is -2.32. The molecule has 0 saturated carbocycles. The number of piperidine rings is 2. The summed E-state index contributed by atoms with van der Waals surface area (Å²) in [5.74, 6) is -0.810. The zero-order valence-corrected chi connectivity index (χ0v) is 19.7.